The fourth-order valence-electron chi connectivity index (χ4n) is 3.91. The zero-order chi connectivity index (χ0) is 17.6. The molecule has 2 aromatic heterocycles. The van der Waals surface area contributed by atoms with Crippen molar-refractivity contribution in [3.63, 3.8) is 0 Å². The molecule has 0 spiro atoms. The molecule has 0 amide bonds. The summed E-state index contributed by atoms with van der Waals surface area (Å²) in [5, 5.41) is 15.5. The Labute approximate surface area is 173 Å². The van der Waals surface area contributed by atoms with Crippen LogP contribution in [0.2, 0.25) is 0 Å². The molecule has 0 radical (unpaired) electrons. The van der Waals surface area contributed by atoms with Gasteiger partial charge in [-0.2, -0.15) is 0 Å². The van der Waals surface area contributed by atoms with Crippen molar-refractivity contribution in [2.45, 2.75) is 52.5 Å². The second-order valence-electron chi connectivity index (χ2n) is 7.31. The minimum atomic E-state index is 0. The van der Waals surface area contributed by atoms with Crippen LogP contribution in [0.3, 0.4) is 0 Å². The predicted molar refractivity (Wildman–Crippen MR) is 117 cm³/mol. The van der Waals surface area contributed by atoms with Crippen molar-refractivity contribution in [3.8, 4) is 0 Å². The van der Waals surface area contributed by atoms with Gasteiger partial charge in [0.25, 0.3) is 0 Å². The van der Waals surface area contributed by atoms with Crippen molar-refractivity contribution in [1.29, 1.82) is 0 Å². The van der Waals surface area contributed by atoms with E-state index in [4.69, 9.17) is 4.99 Å². The standard InChI is InChI=1S/C19H30N6.HI/c1-4-20-19(22-16-12-14(2)11-15(3)13-16)21-9-8-18-24-23-17-7-5-6-10-25(17)18;/h5-7,10,14-16H,4,8-9,11-13H2,1-3H3,(H2,20,21,22);1H. The fraction of sp³-hybridized carbons (Fsp3) is 0.632. The third-order valence-corrected chi connectivity index (χ3v) is 4.85. The summed E-state index contributed by atoms with van der Waals surface area (Å²) < 4.78 is 2.03. The third-order valence-electron chi connectivity index (χ3n) is 4.85. The predicted octanol–water partition coefficient (Wildman–Crippen LogP) is 3.27. The van der Waals surface area contributed by atoms with Crippen LogP contribution in [0.4, 0.5) is 0 Å². The Morgan fingerprint density at radius 1 is 1.19 bits per heavy atom. The normalized spacial score (nSPS) is 23.5. The molecule has 26 heavy (non-hydrogen) atoms. The summed E-state index contributed by atoms with van der Waals surface area (Å²) in [6.07, 6.45) is 6.57. The lowest BCUT2D eigenvalue weighted by Gasteiger charge is -2.32. The molecule has 2 heterocycles. The summed E-state index contributed by atoms with van der Waals surface area (Å²) in [4.78, 5) is 4.75. The van der Waals surface area contributed by atoms with Crippen LogP contribution in [0.25, 0.3) is 5.65 Å². The van der Waals surface area contributed by atoms with Gasteiger partial charge in [0.05, 0.1) is 0 Å². The lowest BCUT2D eigenvalue weighted by atomic mass is 9.80. The van der Waals surface area contributed by atoms with Gasteiger partial charge >= 0.3 is 0 Å². The van der Waals surface area contributed by atoms with Gasteiger partial charge in [0.2, 0.25) is 0 Å². The van der Waals surface area contributed by atoms with Crippen molar-refractivity contribution in [1.82, 2.24) is 25.2 Å². The van der Waals surface area contributed by atoms with Gasteiger partial charge in [0, 0.05) is 31.7 Å². The van der Waals surface area contributed by atoms with E-state index in [9.17, 15) is 0 Å². The Kier molecular flexibility index (Phi) is 8.12. The summed E-state index contributed by atoms with van der Waals surface area (Å²) >= 11 is 0. The molecular weight excluding hydrogens is 439 g/mol. The van der Waals surface area contributed by atoms with Gasteiger partial charge in [-0.15, -0.1) is 34.2 Å². The van der Waals surface area contributed by atoms with E-state index in [2.05, 4.69) is 41.6 Å². The van der Waals surface area contributed by atoms with Crippen molar-refractivity contribution in [2.24, 2.45) is 16.8 Å². The molecule has 1 aliphatic rings. The van der Waals surface area contributed by atoms with Gasteiger partial charge in [-0.05, 0) is 50.2 Å². The van der Waals surface area contributed by atoms with E-state index in [1.807, 2.05) is 28.8 Å². The number of guanidine groups is 1. The van der Waals surface area contributed by atoms with Crippen LogP contribution in [-0.4, -0.2) is 39.7 Å². The monoisotopic (exact) mass is 470 g/mol. The van der Waals surface area contributed by atoms with Crippen LogP contribution >= 0.6 is 24.0 Å². The average Bonchev–Trinajstić information content (AvgIpc) is 2.97. The maximum atomic E-state index is 4.75. The van der Waals surface area contributed by atoms with E-state index in [0.29, 0.717) is 12.6 Å². The molecule has 2 atom stereocenters. The molecule has 2 unspecified atom stereocenters. The Morgan fingerprint density at radius 2 is 1.96 bits per heavy atom. The number of halogens is 1. The molecule has 1 saturated carbocycles. The number of aliphatic imine (C=N–C) groups is 1. The van der Waals surface area contributed by atoms with Crippen LogP contribution in [-0.2, 0) is 6.42 Å². The van der Waals surface area contributed by atoms with E-state index >= 15 is 0 Å². The Balaban J connectivity index is 0.00000243. The summed E-state index contributed by atoms with van der Waals surface area (Å²) in [5.74, 6) is 3.44. The second kappa shape index (κ2) is 10.1. The molecule has 0 bridgehead atoms. The number of hydrogen-bond acceptors (Lipinski definition) is 3. The fourth-order valence-corrected chi connectivity index (χ4v) is 3.91. The van der Waals surface area contributed by atoms with E-state index in [1.54, 1.807) is 0 Å². The summed E-state index contributed by atoms with van der Waals surface area (Å²) in [5.41, 5.74) is 0.886. The first kappa shape index (κ1) is 20.9. The topological polar surface area (TPSA) is 66.6 Å². The average molecular weight is 470 g/mol. The molecular formula is C19H31IN6. The maximum absolute atomic E-state index is 4.75. The number of rotatable bonds is 5. The Bertz CT molecular complexity index is 703. The van der Waals surface area contributed by atoms with E-state index in [-0.39, 0.29) is 24.0 Å². The number of nitrogens with zero attached hydrogens (tertiary/aromatic N) is 4. The highest BCUT2D eigenvalue weighted by molar-refractivity contribution is 14.0. The maximum Gasteiger partial charge on any atom is 0.191 e. The van der Waals surface area contributed by atoms with Crippen LogP contribution in [0, 0.1) is 11.8 Å². The quantitative estimate of drug-likeness (QED) is 0.400. The number of aromatic nitrogens is 3. The number of nitrogens with one attached hydrogen (secondary N) is 2. The highest BCUT2D eigenvalue weighted by Crippen LogP contribution is 2.28. The first-order chi connectivity index (χ1) is 12.2. The zero-order valence-electron chi connectivity index (χ0n) is 16.0. The number of fused-ring (bicyclic) bond motifs is 1. The summed E-state index contributed by atoms with van der Waals surface area (Å²) in [6, 6.07) is 6.47. The van der Waals surface area contributed by atoms with E-state index < -0.39 is 0 Å². The van der Waals surface area contributed by atoms with E-state index in [0.717, 1.165) is 42.2 Å². The molecule has 3 rings (SSSR count). The molecule has 2 aromatic rings. The zero-order valence-corrected chi connectivity index (χ0v) is 18.3. The molecule has 6 nitrogen and oxygen atoms in total. The highest BCUT2D eigenvalue weighted by Gasteiger charge is 2.24. The lowest BCUT2D eigenvalue weighted by Crippen LogP contribution is -2.46. The van der Waals surface area contributed by atoms with Gasteiger partial charge in [-0.25, -0.2) is 0 Å². The minimum Gasteiger partial charge on any atom is -0.357 e. The molecule has 144 valence electrons. The molecule has 0 saturated heterocycles. The molecule has 1 aliphatic carbocycles. The smallest absolute Gasteiger partial charge is 0.191 e. The van der Waals surface area contributed by atoms with Gasteiger partial charge in [0.15, 0.2) is 11.6 Å². The minimum absolute atomic E-state index is 0. The van der Waals surface area contributed by atoms with Crippen LogP contribution in [0.5, 0.6) is 0 Å². The Hall–Kier alpha value is -1.38. The largest absolute Gasteiger partial charge is 0.357 e. The van der Waals surface area contributed by atoms with Gasteiger partial charge in [-0.3, -0.25) is 9.39 Å². The molecule has 0 aliphatic heterocycles. The van der Waals surface area contributed by atoms with Crippen LogP contribution in [0.1, 0.15) is 45.9 Å². The third kappa shape index (κ3) is 5.56. The van der Waals surface area contributed by atoms with Crippen molar-refractivity contribution in [3.05, 3.63) is 30.2 Å². The highest BCUT2D eigenvalue weighted by atomic mass is 127. The van der Waals surface area contributed by atoms with Crippen molar-refractivity contribution in [2.75, 3.05) is 13.1 Å². The summed E-state index contributed by atoms with van der Waals surface area (Å²) in [6.45, 7) is 8.38. The first-order valence-electron chi connectivity index (χ1n) is 9.49. The molecule has 1 fully saturated rings. The molecule has 7 heteroatoms. The van der Waals surface area contributed by atoms with Crippen LogP contribution < -0.4 is 10.6 Å². The van der Waals surface area contributed by atoms with Gasteiger partial charge < -0.3 is 10.6 Å². The van der Waals surface area contributed by atoms with E-state index in [1.165, 1.54) is 19.3 Å². The Morgan fingerprint density at radius 3 is 2.69 bits per heavy atom. The van der Waals surface area contributed by atoms with Gasteiger partial charge in [-0.1, -0.05) is 19.9 Å². The number of pyridine rings is 1. The lowest BCUT2D eigenvalue weighted by molar-refractivity contribution is 0.255. The number of hydrogen-bond donors (Lipinski definition) is 2. The SMILES string of the molecule is CCNC(=NCCc1nnc2ccccn12)NC1CC(C)CC(C)C1.I. The van der Waals surface area contributed by atoms with Crippen molar-refractivity contribution < 1.29 is 0 Å². The molecule has 0 aromatic carbocycles. The summed E-state index contributed by atoms with van der Waals surface area (Å²) in [7, 11) is 0. The second-order valence-corrected chi connectivity index (χ2v) is 7.31. The van der Waals surface area contributed by atoms with Crippen LogP contribution in [0.15, 0.2) is 29.4 Å². The van der Waals surface area contributed by atoms with Gasteiger partial charge in [0.1, 0.15) is 5.82 Å². The first-order valence-corrected chi connectivity index (χ1v) is 9.49. The molecule has 2 N–H and O–H groups in total. The van der Waals surface area contributed by atoms with Crippen molar-refractivity contribution >= 4 is 35.6 Å².